The van der Waals surface area contributed by atoms with Crippen molar-refractivity contribution in [3.63, 3.8) is 0 Å². The molecule has 0 aromatic heterocycles. The molecule has 60 valence electrons. The topological polar surface area (TPSA) is 32.3 Å². The summed E-state index contributed by atoms with van der Waals surface area (Å²) in [7, 11) is 0. The Labute approximate surface area is 70.8 Å². The fourth-order valence-corrected chi connectivity index (χ4v) is 0.622. The maximum atomic E-state index is 8.38. The van der Waals surface area contributed by atoms with Gasteiger partial charge >= 0.3 is 0 Å². The molecule has 0 fully saturated rings. The normalized spacial score (nSPS) is 12.1. The molecule has 4 heteroatoms. The van der Waals surface area contributed by atoms with Gasteiger partial charge in [0.15, 0.2) is 0 Å². The van der Waals surface area contributed by atoms with Gasteiger partial charge in [-0.05, 0) is 13.0 Å². The molecule has 0 spiro atoms. The van der Waals surface area contributed by atoms with Crippen molar-refractivity contribution in [3.8, 4) is 0 Å². The van der Waals surface area contributed by atoms with Gasteiger partial charge in [-0.25, -0.2) is 0 Å². The zero-order valence-electron chi connectivity index (χ0n) is 5.61. The summed E-state index contributed by atoms with van der Waals surface area (Å²) in [4.78, 5) is 0. The Morgan fingerprint density at radius 2 is 2.30 bits per heavy atom. The molecule has 0 amide bonds. The summed E-state index contributed by atoms with van der Waals surface area (Å²) < 4.78 is 0. The van der Waals surface area contributed by atoms with Crippen LogP contribution in [0.1, 0.15) is 6.42 Å². The molecule has 0 aromatic rings. The summed E-state index contributed by atoms with van der Waals surface area (Å²) in [5.74, 6) is 0. The minimum absolute atomic E-state index is 0.204. The second-order valence-electron chi connectivity index (χ2n) is 1.81. The Morgan fingerprint density at radius 1 is 1.60 bits per heavy atom. The fourth-order valence-electron chi connectivity index (χ4n) is 0.450. The first-order valence-corrected chi connectivity index (χ1v) is 3.89. The molecule has 0 saturated carbocycles. The average Bonchev–Trinajstić information content (AvgIpc) is 1.98. The van der Waals surface area contributed by atoms with Crippen LogP contribution in [0.15, 0.2) is 10.6 Å². The van der Waals surface area contributed by atoms with Crippen molar-refractivity contribution in [2.75, 3.05) is 19.7 Å². The van der Waals surface area contributed by atoms with Crippen molar-refractivity contribution in [1.29, 1.82) is 0 Å². The standard InChI is InChI=1S/C6H11Cl2NO/c7-4-6(8)5-9-2-1-3-10/h4,9-10H,1-3,5H2. The van der Waals surface area contributed by atoms with Gasteiger partial charge in [0.05, 0.1) is 0 Å². The largest absolute Gasteiger partial charge is 0.396 e. The molecule has 0 aliphatic rings. The van der Waals surface area contributed by atoms with Crippen molar-refractivity contribution >= 4 is 23.2 Å². The highest BCUT2D eigenvalue weighted by molar-refractivity contribution is 6.36. The molecule has 0 rings (SSSR count). The SMILES string of the molecule is OCCCNCC(Cl)=CCl. The number of hydrogen-bond acceptors (Lipinski definition) is 2. The Bertz CT molecular complexity index is 106. The summed E-state index contributed by atoms with van der Waals surface area (Å²) in [5.41, 5.74) is 1.33. The number of aliphatic hydroxyl groups is 1. The van der Waals surface area contributed by atoms with Crippen molar-refractivity contribution in [2.45, 2.75) is 6.42 Å². The van der Waals surface area contributed by atoms with Crippen molar-refractivity contribution in [2.24, 2.45) is 0 Å². The lowest BCUT2D eigenvalue weighted by Gasteiger charge is -1.99. The Kier molecular flexibility index (Phi) is 7.52. The van der Waals surface area contributed by atoms with E-state index in [2.05, 4.69) is 5.32 Å². The Balaban J connectivity index is 3.04. The molecule has 0 bridgehead atoms. The fraction of sp³-hybridized carbons (Fsp3) is 0.667. The summed E-state index contributed by atoms with van der Waals surface area (Å²) in [6.07, 6.45) is 0.743. The quantitative estimate of drug-likeness (QED) is 0.630. The minimum Gasteiger partial charge on any atom is -0.396 e. The maximum Gasteiger partial charge on any atom is 0.0443 e. The number of nitrogens with one attached hydrogen (secondary N) is 1. The van der Waals surface area contributed by atoms with Crippen LogP contribution in [0.2, 0.25) is 0 Å². The highest BCUT2D eigenvalue weighted by Crippen LogP contribution is 1.99. The molecule has 0 aliphatic heterocycles. The molecule has 0 unspecified atom stereocenters. The van der Waals surface area contributed by atoms with E-state index in [0.717, 1.165) is 13.0 Å². The predicted molar refractivity (Wildman–Crippen MR) is 44.4 cm³/mol. The van der Waals surface area contributed by atoms with Crippen LogP contribution in [-0.4, -0.2) is 24.8 Å². The zero-order chi connectivity index (χ0) is 7.82. The number of rotatable bonds is 5. The molecule has 10 heavy (non-hydrogen) atoms. The molecule has 2 nitrogen and oxygen atoms in total. The first kappa shape index (κ1) is 10.2. The molecule has 0 atom stereocenters. The van der Waals surface area contributed by atoms with Crippen LogP contribution in [0, 0.1) is 0 Å². The predicted octanol–water partition coefficient (Wildman–Crippen LogP) is 1.28. The van der Waals surface area contributed by atoms with E-state index in [1.54, 1.807) is 0 Å². The van der Waals surface area contributed by atoms with Gasteiger partial charge in [0.25, 0.3) is 0 Å². The van der Waals surface area contributed by atoms with Crippen LogP contribution >= 0.6 is 23.2 Å². The lowest BCUT2D eigenvalue weighted by atomic mass is 10.4. The van der Waals surface area contributed by atoms with Gasteiger partial charge in [0, 0.05) is 23.7 Å². The molecule has 0 heterocycles. The zero-order valence-corrected chi connectivity index (χ0v) is 7.12. The molecule has 0 aromatic carbocycles. The van der Waals surface area contributed by atoms with Crippen molar-refractivity contribution in [1.82, 2.24) is 5.32 Å². The lowest BCUT2D eigenvalue weighted by Crippen LogP contribution is -2.17. The third-order valence-electron chi connectivity index (χ3n) is 0.924. The van der Waals surface area contributed by atoms with Crippen LogP contribution in [0.3, 0.4) is 0 Å². The Hall–Kier alpha value is 0.240. The third-order valence-corrected chi connectivity index (χ3v) is 1.54. The first-order chi connectivity index (χ1) is 4.81. The second-order valence-corrected chi connectivity index (χ2v) is 2.51. The van der Waals surface area contributed by atoms with Gasteiger partial charge in [0.1, 0.15) is 0 Å². The van der Waals surface area contributed by atoms with Gasteiger partial charge in [-0.3, -0.25) is 0 Å². The molecule has 2 N–H and O–H groups in total. The van der Waals surface area contributed by atoms with Gasteiger partial charge < -0.3 is 10.4 Å². The van der Waals surface area contributed by atoms with E-state index in [1.807, 2.05) is 0 Å². The van der Waals surface area contributed by atoms with E-state index in [1.165, 1.54) is 5.54 Å². The van der Waals surface area contributed by atoms with Crippen molar-refractivity contribution < 1.29 is 5.11 Å². The molecule has 0 aliphatic carbocycles. The van der Waals surface area contributed by atoms with Gasteiger partial charge in [-0.2, -0.15) is 0 Å². The molecule has 0 radical (unpaired) electrons. The van der Waals surface area contributed by atoms with Gasteiger partial charge in [0.2, 0.25) is 0 Å². The number of halogens is 2. The van der Waals surface area contributed by atoms with Crippen LogP contribution < -0.4 is 5.32 Å². The summed E-state index contributed by atoms with van der Waals surface area (Å²) in [5, 5.41) is 12.0. The molecular weight excluding hydrogens is 173 g/mol. The van der Waals surface area contributed by atoms with Gasteiger partial charge in [-0.1, -0.05) is 23.2 Å². The van der Waals surface area contributed by atoms with E-state index in [9.17, 15) is 0 Å². The van der Waals surface area contributed by atoms with Crippen LogP contribution in [0.4, 0.5) is 0 Å². The van der Waals surface area contributed by atoms with Gasteiger partial charge in [-0.15, -0.1) is 0 Å². The number of hydrogen-bond donors (Lipinski definition) is 2. The average molecular weight is 184 g/mol. The summed E-state index contributed by atoms with van der Waals surface area (Å²) >= 11 is 10.8. The summed E-state index contributed by atoms with van der Waals surface area (Å²) in [6, 6.07) is 0. The first-order valence-electron chi connectivity index (χ1n) is 3.07. The smallest absolute Gasteiger partial charge is 0.0443 e. The number of aliphatic hydroxyl groups excluding tert-OH is 1. The van der Waals surface area contributed by atoms with Crippen LogP contribution in [0.5, 0.6) is 0 Å². The van der Waals surface area contributed by atoms with Crippen LogP contribution in [-0.2, 0) is 0 Å². The van der Waals surface area contributed by atoms with E-state index < -0.39 is 0 Å². The van der Waals surface area contributed by atoms with Crippen molar-refractivity contribution in [3.05, 3.63) is 10.6 Å². The highest BCUT2D eigenvalue weighted by Gasteiger charge is 1.89. The monoisotopic (exact) mass is 183 g/mol. The molecule has 0 saturated heterocycles. The van der Waals surface area contributed by atoms with Crippen LogP contribution in [0.25, 0.3) is 0 Å². The van der Waals surface area contributed by atoms with E-state index in [-0.39, 0.29) is 6.61 Å². The van der Waals surface area contributed by atoms with E-state index in [0.29, 0.717) is 11.6 Å². The maximum absolute atomic E-state index is 8.38. The van der Waals surface area contributed by atoms with E-state index >= 15 is 0 Å². The highest BCUT2D eigenvalue weighted by atomic mass is 35.5. The third kappa shape index (κ3) is 6.36. The van der Waals surface area contributed by atoms with E-state index in [4.69, 9.17) is 28.3 Å². The summed E-state index contributed by atoms with van der Waals surface area (Å²) in [6.45, 7) is 1.54. The molecular formula is C6H11Cl2NO. The second kappa shape index (κ2) is 7.35. The Morgan fingerprint density at radius 3 is 2.80 bits per heavy atom. The lowest BCUT2D eigenvalue weighted by molar-refractivity contribution is 0.287. The minimum atomic E-state index is 0.204.